The van der Waals surface area contributed by atoms with Gasteiger partial charge < -0.3 is 10.4 Å². The van der Waals surface area contributed by atoms with E-state index in [-0.39, 0.29) is 31.3 Å². The molecule has 5 heteroatoms. The molecule has 0 amide bonds. The molecule has 0 spiro atoms. The first-order valence-corrected chi connectivity index (χ1v) is 4.24. The van der Waals surface area contributed by atoms with Crippen molar-refractivity contribution in [3.63, 3.8) is 0 Å². The normalized spacial score (nSPS) is 28.7. The first kappa shape index (κ1) is 10.4. The third kappa shape index (κ3) is 2.91. The fourth-order valence-electron chi connectivity index (χ4n) is 1.57. The largest absolute Gasteiger partial charge is 0.481 e. The van der Waals surface area contributed by atoms with Crippen LogP contribution in [0.2, 0.25) is 0 Å². The Bertz CT molecular complexity index is 208. The zero-order valence-corrected chi connectivity index (χ0v) is 7.39. The maximum Gasteiger partial charge on any atom is 0.303 e. The van der Waals surface area contributed by atoms with Gasteiger partial charge in [-0.25, -0.2) is 8.78 Å². The van der Waals surface area contributed by atoms with Crippen LogP contribution < -0.4 is 5.32 Å². The van der Waals surface area contributed by atoms with E-state index < -0.39 is 11.9 Å². The fraction of sp³-hybridized carbons (Fsp3) is 0.875. The quantitative estimate of drug-likeness (QED) is 0.705. The number of rotatable bonds is 3. The number of halogens is 2. The van der Waals surface area contributed by atoms with Crippen LogP contribution in [0.3, 0.4) is 0 Å². The molecule has 0 aromatic rings. The van der Waals surface area contributed by atoms with E-state index in [9.17, 15) is 13.6 Å². The molecule has 0 bridgehead atoms. The van der Waals surface area contributed by atoms with E-state index in [4.69, 9.17) is 5.11 Å². The van der Waals surface area contributed by atoms with Gasteiger partial charge in [0.25, 0.3) is 5.92 Å². The Morgan fingerprint density at radius 1 is 1.77 bits per heavy atom. The first-order valence-electron chi connectivity index (χ1n) is 4.24. The highest BCUT2D eigenvalue weighted by molar-refractivity contribution is 5.67. The second-order valence-corrected chi connectivity index (χ2v) is 3.62. The Hall–Kier alpha value is -0.710. The van der Waals surface area contributed by atoms with Crippen LogP contribution in [0.25, 0.3) is 0 Å². The number of carboxylic acid groups (broad SMARTS) is 1. The predicted molar refractivity (Wildman–Crippen MR) is 42.8 cm³/mol. The molecular weight excluding hydrogens is 180 g/mol. The molecule has 1 heterocycles. The molecule has 0 aromatic carbocycles. The molecule has 1 saturated heterocycles. The third-order valence-electron chi connectivity index (χ3n) is 2.32. The summed E-state index contributed by atoms with van der Waals surface area (Å²) in [6.45, 7) is 1.34. The summed E-state index contributed by atoms with van der Waals surface area (Å²) < 4.78 is 25.4. The van der Waals surface area contributed by atoms with Crippen LogP contribution in [0.4, 0.5) is 8.78 Å². The van der Waals surface area contributed by atoms with Crippen LogP contribution in [0.15, 0.2) is 0 Å². The van der Waals surface area contributed by atoms with Crippen LogP contribution in [0.1, 0.15) is 19.8 Å². The molecule has 76 valence electrons. The lowest BCUT2D eigenvalue weighted by Crippen LogP contribution is -2.30. The molecule has 0 aliphatic carbocycles. The SMILES string of the molecule is CC(CC(=O)O)[C@H]1CC(F)(F)CN1. The molecule has 1 aliphatic heterocycles. The maximum absolute atomic E-state index is 12.7. The maximum atomic E-state index is 12.7. The Morgan fingerprint density at radius 2 is 2.38 bits per heavy atom. The van der Waals surface area contributed by atoms with Gasteiger partial charge in [-0.2, -0.15) is 0 Å². The molecule has 0 radical (unpaired) electrons. The van der Waals surface area contributed by atoms with Gasteiger partial charge in [-0.3, -0.25) is 4.79 Å². The molecule has 13 heavy (non-hydrogen) atoms. The zero-order chi connectivity index (χ0) is 10.1. The summed E-state index contributed by atoms with van der Waals surface area (Å²) in [4.78, 5) is 10.3. The summed E-state index contributed by atoms with van der Waals surface area (Å²) in [5.41, 5.74) is 0. The van der Waals surface area contributed by atoms with Crippen molar-refractivity contribution in [2.75, 3.05) is 6.54 Å². The van der Waals surface area contributed by atoms with Crippen LogP contribution in [-0.4, -0.2) is 29.6 Å². The molecule has 1 aliphatic rings. The Kier molecular flexibility index (Phi) is 2.85. The van der Waals surface area contributed by atoms with Crippen LogP contribution in [0.5, 0.6) is 0 Å². The van der Waals surface area contributed by atoms with Gasteiger partial charge in [0, 0.05) is 18.9 Å². The van der Waals surface area contributed by atoms with Gasteiger partial charge in [0.1, 0.15) is 0 Å². The predicted octanol–water partition coefficient (Wildman–Crippen LogP) is 1.09. The van der Waals surface area contributed by atoms with Gasteiger partial charge >= 0.3 is 5.97 Å². The van der Waals surface area contributed by atoms with E-state index >= 15 is 0 Å². The van der Waals surface area contributed by atoms with Crippen molar-refractivity contribution in [3.8, 4) is 0 Å². The van der Waals surface area contributed by atoms with E-state index in [0.29, 0.717) is 0 Å². The number of hydrogen-bond donors (Lipinski definition) is 2. The standard InChI is InChI=1S/C8H13F2NO2/c1-5(2-7(12)13)6-3-8(9,10)4-11-6/h5-6,11H,2-4H2,1H3,(H,12,13)/t5?,6-/m1/s1. The summed E-state index contributed by atoms with van der Waals surface area (Å²) in [7, 11) is 0. The number of carboxylic acids is 1. The Morgan fingerprint density at radius 3 is 2.77 bits per heavy atom. The van der Waals surface area contributed by atoms with Gasteiger partial charge in [-0.05, 0) is 5.92 Å². The highest BCUT2D eigenvalue weighted by atomic mass is 19.3. The molecule has 1 unspecified atom stereocenters. The van der Waals surface area contributed by atoms with E-state index in [0.717, 1.165) is 0 Å². The Labute approximate surface area is 75.1 Å². The Balaban J connectivity index is 2.42. The molecule has 0 saturated carbocycles. The second kappa shape index (κ2) is 3.57. The van der Waals surface area contributed by atoms with Crippen LogP contribution in [0, 0.1) is 5.92 Å². The van der Waals surface area contributed by atoms with Crippen LogP contribution in [-0.2, 0) is 4.79 Å². The fourth-order valence-corrected chi connectivity index (χ4v) is 1.57. The average Bonchev–Trinajstić information content (AvgIpc) is 2.28. The minimum atomic E-state index is -2.67. The smallest absolute Gasteiger partial charge is 0.303 e. The van der Waals surface area contributed by atoms with Crippen molar-refractivity contribution < 1.29 is 18.7 Å². The highest BCUT2D eigenvalue weighted by Crippen LogP contribution is 2.29. The number of aliphatic carboxylic acids is 1. The summed E-state index contributed by atoms with van der Waals surface area (Å²) in [6, 6.07) is -0.369. The van der Waals surface area contributed by atoms with Gasteiger partial charge in [0.15, 0.2) is 0 Å². The zero-order valence-electron chi connectivity index (χ0n) is 7.39. The van der Waals surface area contributed by atoms with Crippen molar-refractivity contribution in [3.05, 3.63) is 0 Å². The van der Waals surface area contributed by atoms with E-state index in [1.165, 1.54) is 0 Å². The lowest BCUT2D eigenvalue weighted by molar-refractivity contribution is -0.138. The molecule has 3 nitrogen and oxygen atoms in total. The van der Waals surface area contributed by atoms with Crippen LogP contribution >= 0.6 is 0 Å². The minimum absolute atomic E-state index is 0.0618. The monoisotopic (exact) mass is 193 g/mol. The molecule has 2 N–H and O–H groups in total. The van der Waals surface area contributed by atoms with Gasteiger partial charge in [-0.1, -0.05) is 6.92 Å². The van der Waals surface area contributed by atoms with Crippen molar-refractivity contribution in [1.29, 1.82) is 0 Å². The van der Waals surface area contributed by atoms with Gasteiger partial charge in [0.2, 0.25) is 0 Å². The molecule has 1 fully saturated rings. The van der Waals surface area contributed by atoms with E-state index in [1.54, 1.807) is 6.92 Å². The first-order chi connectivity index (χ1) is 5.91. The van der Waals surface area contributed by atoms with Crippen molar-refractivity contribution in [2.24, 2.45) is 5.92 Å². The average molecular weight is 193 g/mol. The van der Waals surface area contributed by atoms with Crippen molar-refractivity contribution in [1.82, 2.24) is 5.32 Å². The summed E-state index contributed by atoms with van der Waals surface area (Å²) >= 11 is 0. The lowest BCUT2D eigenvalue weighted by Gasteiger charge is -2.16. The van der Waals surface area contributed by atoms with E-state index in [2.05, 4.69) is 5.32 Å². The molecule has 2 atom stereocenters. The highest BCUT2D eigenvalue weighted by Gasteiger charge is 2.41. The number of hydrogen-bond acceptors (Lipinski definition) is 2. The van der Waals surface area contributed by atoms with Crippen molar-refractivity contribution >= 4 is 5.97 Å². The van der Waals surface area contributed by atoms with Gasteiger partial charge in [0.05, 0.1) is 6.54 Å². The third-order valence-corrected chi connectivity index (χ3v) is 2.32. The molecule has 1 rings (SSSR count). The lowest BCUT2D eigenvalue weighted by atomic mass is 9.96. The molecular formula is C8H13F2NO2. The number of alkyl halides is 2. The summed E-state index contributed by atoms with van der Waals surface area (Å²) in [6.07, 6.45) is -0.310. The van der Waals surface area contributed by atoms with Gasteiger partial charge in [-0.15, -0.1) is 0 Å². The minimum Gasteiger partial charge on any atom is -0.481 e. The van der Waals surface area contributed by atoms with Crippen molar-refractivity contribution in [2.45, 2.75) is 31.7 Å². The molecule has 0 aromatic heterocycles. The topological polar surface area (TPSA) is 49.3 Å². The summed E-state index contributed by atoms with van der Waals surface area (Å²) in [5, 5.41) is 11.1. The second-order valence-electron chi connectivity index (χ2n) is 3.62. The summed E-state index contributed by atoms with van der Waals surface area (Å²) in [5.74, 6) is -3.85. The number of nitrogens with one attached hydrogen (secondary N) is 1. The van der Waals surface area contributed by atoms with E-state index in [1.807, 2.05) is 0 Å². The number of carbonyl (C=O) groups is 1.